The molecule has 2 aromatic rings. The molecule has 0 radical (unpaired) electrons. The van der Waals surface area contributed by atoms with Gasteiger partial charge in [-0.15, -0.1) is 0 Å². The van der Waals surface area contributed by atoms with Crippen LogP contribution in [-0.4, -0.2) is 36.1 Å². The van der Waals surface area contributed by atoms with Crippen molar-refractivity contribution in [3.8, 4) is 0 Å². The van der Waals surface area contributed by atoms with Crippen molar-refractivity contribution in [3.63, 3.8) is 0 Å². The Hall–Kier alpha value is -2.44. The van der Waals surface area contributed by atoms with Crippen LogP contribution in [0.15, 0.2) is 18.2 Å². The molecule has 0 atom stereocenters. The van der Waals surface area contributed by atoms with E-state index in [2.05, 4.69) is 25.6 Å². The second-order valence-electron chi connectivity index (χ2n) is 4.52. The van der Waals surface area contributed by atoms with Crippen LogP contribution in [-0.2, 0) is 0 Å². The summed E-state index contributed by atoms with van der Waals surface area (Å²) in [5, 5.41) is 5.93. The smallest absolute Gasteiger partial charge is 0.233 e. The maximum absolute atomic E-state index is 13.2. The van der Waals surface area contributed by atoms with E-state index in [1.165, 1.54) is 6.07 Å². The number of anilines is 4. The average molecular weight is 276 g/mol. The highest BCUT2D eigenvalue weighted by molar-refractivity contribution is 5.56. The number of aromatic nitrogens is 3. The van der Waals surface area contributed by atoms with E-state index in [0.29, 0.717) is 23.4 Å². The van der Waals surface area contributed by atoms with Crippen molar-refractivity contribution in [2.75, 3.05) is 36.7 Å². The summed E-state index contributed by atoms with van der Waals surface area (Å²) in [6.07, 6.45) is 0. The number of halogens is 1. The molecule has 0 fully saturated rings. The third-order valence-electron chi connectivity index (χ3n) is 2.66. The van der Waals surface area contributed by atoms with E-state index in [4.69, 9.17) is 0 Å². The van der Waals surface area contributed by atoms with Gasteiger partial charge in [-0.05, 0) is 30.7 Å². The number of benzene rings is 1. The van der Waals surface area contributed by atoms with E-state index in [-0.39, 0.29) is 5.82 Å². The second-order valence-corrected chi connectivity index (χ2v) is 4.52. The average Bonchev–Trinajstić information content (AvgIpc) is 2.42. The van der Waals surface area contributed by atoms with Gasteiger partial charge < -0.3 is 15.5 Å². The first-order valence-corrected chi connectivity index (χ1v) is 6.14. The molecule has 0 aliphatic rings. The Bertz CT molecular complexity index is 614. The molecule has 1 heterocycles. The molecule has 1 aromatic carbocycles. The van der Waals surface area contributed by atoms with Gasteiger partial charge in [0.1, 0.15) is 5.82 Å². The Morgan fingerprint density at radius 1 is 1.10 bits per heavy atom. The zero-order valence-corrected chi connectivity index (χ0v) is 11.9. The Morgan fingerprint density at radius 2 is 1.80 bits per heavy atom. The second kappa shape index (κ2) is 5.68. The molecule has 0 aliphatic heterocycles. The molecule has 7 heteroatoms. The molecular formula is C13H17FN6. The van der Waals surface area contributed by atoms with E-state index in [0.717, 1.165) is 5.69 Å². The number of aryl methyl sites for hydroxylation is 1. The number of nitrogens with zero attached hydrogens (tertiary/aromatic N) is 4. The highest BCUT2D eigenvalue weighted by Gasteiger charge is 2.08. The Kier molecular flexibility index (Phi) is 3.97. The topological polar surface area (TPSA) is 66.0 Å². The summed E-state index contributed by atoms with van der Waals surface area (Å²) in [7, 11) is 5.43. The predicted molar refractivity (Wildman–Crippen MR) is 78.1 cm³/mol. The summed E-state index contributed by atoms with van der Waals surface area (Å²) in [6, 6.07) is 4.75. The van der Waals surface area contributed by atoms with Crippen LogP contribution in [0.1, 0.15) is 5.56 Å². The maximum atomic E-state index is 13.2. The molecule has 106 valence electrons. The molecule has 2 N–H and O–H groups in total. The van der Waals surface area contributed by atoms with Crippen LogP contribution in [0.5, 0.6) is 0 Å². The van der Waals surface area contributed by atoms with Gasteiger partial charge in [0.15, 0.2) is 0 Å². The molecule has 0 saturated carbocycles. The minimum absolute atomic E-state index is 0.240. The zero-order valence-electron chi connectivity index (χ0n) is 11.9. The lowest BCUT2D eigenvalue weighted by molar-refractivity contribution is 0.619. The monoisotopic (exact) mass is 276 g/mol. The summed E-state index contributed by atoms with van der Waals surface area (Å²) in [5.41, 5.74) is 1.28. The quantitative estimate of drug-likeness (QED) is 0.892. The van der Waals surface area contributed by atoms with E-state index < -0.39 is 0 Å². The number of hydrogen-bond donors (Lipinski definition) is 2. The third-order valence-corrected chi connectivity index (χ3v) is 2.66. The van der Waals surface area contributed by atoms with Crippen LogP contribution in [0.25, 0.3) is 0 Å². The lowest BCUT2D eigenvalue weighted by Crippen LogP contribution is -2.15. The molecule has 2 rings (SSSR count). The van der Waals surface area contributed by atoms with Crippen molar-refractivity contribution in [3.05, 3.63) is 29.6 Å². The van der Waals surface area contributed by atoms with Crippen LogP contribution in [0, 0.1) is 12.7 Å². The lowest BCUT2D eigenvalue weighted by atomic mass is 10.2. The minimum Gasteiger partial charge on any atom is -0.357 e. The van der Waals surface area contributed by atoms with Crippen molar-refractivity contribution >= 4 is 23.5 Å². The maximum Gasteiger partial charge on any atom is 0.233 e. The molecule has 0 unspecified atom stereocenters. The van der Waals surface area contributed by atoms with Crippen molar-refractivity contribution in [2.45, 2.75) is 6.92 Å². The number of nitrogens with one attached hydrogen (secondary N) is 2. The normalized spacial score (nSPS) is 10.2. The molecule has 0 amide bonds. The Morgan fingerprint density at radius 3 is 2.40 bits per heavy atom. The van der Waals surface area contributed by atoms with Gasteiger partial charge in [-0.25, -0.2) is 4.39 Å². The van der Waals surface area contributed by atoms with Crippen molar-refractivity contribution < 1.29 is 4.39 Å². The first-order valence-electron chi connectivity index (χ1n) is 6.14. The first-order chi connectivity index (χ1) is 9.49. The number of rotatable bonds is 4. The van der Waals surface area contributed by atoms with Crippen molar-refractivity contribution in [1.29, 1.82) is 0 Å². The van der Waals surface area contributed by atoms with Crippen LogP contribution in [0.4, 0.5) is 27.9 Å². The number of hydrogen-bond acceptors (Lipinski definition) is 6. The fourth-order valence-corrected chi connectivity index (χ4v) is 1.58. The molecule has 0 bridgehead atoms. The van der Waals surface area contributed by atoms with E-state index in [1.807, 2.05) is 14.1 Å². The van der Waals surface area contributed by atoms with E-state index >= 15 is 0 Å². The Labute approximate surface area is 117 Å². The minimum atomic E-state index is -0.240. The fourth-order valence-electron chi connectivity index (χ4n) is 1.58. The molecule has 0 saturated heterocycles. The van der Waals surface area contributed by atoms with Crippen LogP contribution < -0.4 is 15.5 Å². The van der Waals surface area contributed by atoms with Gasteiger partial charge in [-0.3, -0.25) is 0 Å². The standard InChI is InChI=1S/C13H17FN6/c1-8-7-9(5-6-10(8)14)16-12-17-11(15-2)18-13(19-12)20(3)4/h5-7H,1-4H3,(H2,15,16,17,18,19). The van der Waals surface area contributed by atoms with Gasteiger partial charge in [0.2, 0.25) is 17.8 Å². The summed E-state index contributed by atoms with van der Waals surface area (Å²) in [5.74, 6) is 1.16. The summed E-state index contributed by atoms with van der Waals surface area (Å²) >= 11 is 0. The highest BCUT2D eigenvalue weighted by Crippen LogP contribution is 2.19. The van der Waals surface area contributed by atoms with Crippen molar-refractivity contribution in [1.82, 2.24) is 15.0 Å². The van der Waals surface area contributed by atoms with Crippen molar-refractivity contribution in [2.24, 2.45) is 0 Å². The van der Waals surface area contributed by atoms with Gasteiger partial charge in [0.05, 0.1) is 0 Å². The molecule has 0 aliphatic carbocycles. The van der Waals surface area contributed by atoms with Gasteiger partial charge in [0.25, 0.3) is 0 Å². The fraction of sp³-hybridized carbons (Fsp3) is 0.308. The Balaban J connectivity index is 2.32. The molecule has 6 nitrogen and oxygen atoms in total. The van der Waals surface area contributed by atoms with Gasteiger partial charge in [-0.2, -0.15) is 15.0 Å². The zero-order chi connectivity index (χ0) is 14.7. The van der Waals surface area contributed by atoms with E-state index in [1.54, 1.807) is 31.0 Å². The SMILES string of the molecule is CNc1nc(Nc2ccc(F)c(C)c2)nc(N(C)C)n1. The third kappa shape index (κ3) is 3.11. The molecule has 1 aromatic heterocycles. The molecule has 0 spiro atoms. The van der Waals surface area contributed by atoms with Crippen LogP contribution >= 0.6 is 0 Å². The lowest BCUT2D eigenvalue weighted by Gasteiger charge is -2.13. The highest BCUT2D eigenvalue weighted by atomic mass is 19.1. The summed E-state index contributed by atoms with van der Waals surface area (Å²) in [4.78, 5) is 14.5. The summed E-state index contributed by atoms with van der Waals surface area (Å²) in [6.45, 7) is 1.71. The largest absolute Gasteiger partial charge is 0.357 e. The molecular weight excluding hydrogens is 259 g/mol. The van der Waals surface area contributed by atoms with Crippen LogP contribution in [0.2, 0.25) is 0 Å². The predicted octanol–water partition coefficient (Wildman–Crippen LogP) is 2.17. The van der Waals surface area contributed by atoms with Gasteiger partial charge in [-0.1, -0.05) is 0 Å². The first kappa shape index (κ1) is 14.0. The van der Waals surface area contributed by atoms with Crippen LogP contribution in [0.3, 0.4) is 0 Å². The van der Waals surface area contributed by atoms with Gasteiger partial charge >= 0.3 is 0 Å². The van der Waals surface area contributed by atoms with Gasteiger partial charge in [0, 0.05) is 26.8 Å². The summed E-state index contributed by atoms with van der Waals surface area (Å²) < 4.78 is 13.2. The molecule has 20 heavy (non-hydrogen) atoms. The van der Waals surface area contributed by atoms with E-state index in [9.17, 15) is 4.39 Å².